The molecule has 1 saturated carbocycles. The minimum Gasteiger partial charge on any atom is -0.342 e. The first kappa shape index (κ1) is 15.4. The van der Waals surface area contributed by atoms with Gasteiger partial charge < -0.3 is 10.2 Å². The van der Waals surface area contributed by atoms with Crippen molar-refractivity contribution >= 4 is 29.4 Å². The van der Waals surface area contributed by atoms with E-state index in [9.17, 15) is 14.4 Å². The molecule has 126 valence electrons. The molecule has 0 bridgehead atoms. The summed E-state index contributed by atoms with van der Waals surface area (Å²) in [5.74, 6) is 0.105. The van der Waals surface area contributed by atoms with Gasteiger partial charge in [0.25, 0.3) is 5.91 Å². The Morgan fingerprint density at radius 3 is 2.62 bits per heavy atom. The number of urea groups is 1. The Hall–Kier alpha value is -2.08. The maximum atomic E-state index is 12.7. The van der Waals surface area contributed by atoms with E-state index in [4.69, 9.17) is 11.6 Å². The number of nitrogens with zero attached hydrogens (tertiary/aromatic N) is 1. The molecule has 2 atom stereocenters. The lowest BCUT2D eigenvalue weighted by molar-refractivity contribution is -0.137. The topological polar surface area (TPSA) is 78.5 Å². The highest BCUT2D eigenvalue weighted by Gasteiger charge is 2.51. The summed E-state index contributed by atoms with van der Waals surface area (Å²) in [4.78, 5) is 37.8. The summed E-state index contributed by atoms with van der Waals surface area (Å²) in [6.45, 7) is 0.983. The Kier molecular flexibility index (Phi) is 3.53. The van der Waals surface area contributed by atoms with E-state index in [1.165, 1.54) is 0 Å². The van der Waals surface area contributed by atoms with Crippen molar-refractivity contribution in [1.82, 2.24) is 15.5 Å². The van der Waals surface area contributed by atoms with Crippen LogP contribution in [0.15, 0.2) is 24.3 Å². The van der Waals surface area contributed by atoms with Crippen LogP contribution in [0.2, 0.25) is 5.02 Å². The molecule has 3 fully saturated rings. The number of piperidine rings is 1. The molecule has 0 radical (unpaired) electrons. The fourth-order valence-electron chi connectivity index (χ4n) is 3.80. The van der Waals surface area contributed by atoms with Gasteiger partial charge in [-0.25, -0.2) is 4.79 Å². The Morgan fingerprint density at radius 2 is 2.00 bits per heavy atom. The molecule has 4 rings (SSSR count). The Balaban J connectivity index is 1.38. The van der Waals surface area contributed by atoms with Crippen LogP contribution >= 0.6 is 11.6 Å². The van der Waals surface area contributed by atoms with Crippen LogP contribution in [-0.4, -0.2) is 41.4 Å². The van der Waals surface area contributed by atoms with Crippen LogP contribution in [0.1, 0.15) is 30.7 Å². The molecule has 2 aliphatic heterocycles. The van der Waals surface area contributed by atoms with E-state index in [0.717, 1.165) is 12.0 Å². The molecule has 1 spiro atoms. The summed E-state index contributed by atoms with van der Waals surface area (Å²) in [5, 5.41) is 5.69. The fraction of sp³-hybridized carbons (Fsp3) is 0.471. The second-order valence-corrected chi connectivity index (χ2v) is 7.26. The fourth-order valence-corrected chi connectivity index (χ4v) is 4.00. The van der Waals surface area contributed by atoms with Gasteiger partial charge in [-0.05, 0) is 42.9 Å². The molecule has 2 heterocycles. The first-order valence-electron chi connectivity index (χ1n) is 8.16. The number of carbonyl (C=O) groups excluding carboxylic acids is 3. The number of amides is 4. The molecule has 1 aliphatic carbocycles. The Bertz CT molecular complexity index is 728. The number of imide groups is 1. The number of likely N-dealkylation sites (tertiary alicyclic amines) is 1. The van der Waals surface area contributed by atoms with Crippen molar-refractivity contribution in [2.24, 2.45) is 5.92 Å². The number of hydrogen-bond acceptors (Lipinski definition) is 3. The van der Waals surface area contributed by atoms with Gasteiger partial charge in [-0.3, -0.25) is 14.9 Å². The number of hydrogen-bond donors (Lipinski definition) is 2. The van der Waals surface area contributed by atoms with Crippen molar-refractivity contribution in [3.63, 3.8) is 0 Å². The van der Waals surface area contributed by atoms with Crippen molar-refractivity contribution in [2.75, 3.05) is 13.1 Å². The first-order chi connectivity index (χ1) is 11.5. The second-order valence-electron chi connectivity index (χ2n) is 6.82. The number of rotatable bonds is 2. The lowest BCUT2D eigenvalue weighted by Gasteiger charge is -2.37. The van der Waals surface area contributed by atoms with Crippen LogP contribution in [0.5, 0.6) is 0 Å². The highest BCUT2D eigenvalue weighted by atomic mass is 35.5. The highest BCUT2D eigenvalue weighted by molar-refractivity contribution is 6.30. The molecular formula is C17H18ClN3O3. The summed E-state index contributed by atoms with van der Waals surface area (Å²) in [7, 11) is 0. The molecule has 6 nitrogen and oxygen atoms in total. The van der Waals surface area contributed by atoms with E-state index in [0.29, 0.717) is 31.0 Å². The largest absolute Gasteiger partial charge is 0.342 e. The van der Waals surface area contributed by atoms with E-state index in [-0.39, 0.29) is 23.7 Å². The molecule has 2 unspecified atom stereocenters. The van der Waals surface area contributed by atoms with Gasteiger partial charge in [-0.2, -0.15) is 0 Å². The van der Waals surface area contributed by atoms with E-state index in [1.807, 2.05) is 29.2 Å². The van der Waals surface area contributed by atoms with Gasteiger partial charge in [0.05, 0.1) is 0 Å². The summed E-state index contributed by atoms with van der Waals surface area (Å²) >= 11 is 6.02. The van der Waals surface area contributed by atoms with E-state index in [2.05, 4.69) is 10.6 Å². The number of benzene rings is 1. The van der Waals surface area contributed by atoms with Crippen molar-refractivity contribution in [2.45, 2.75) is 30.7 Å². The minimum atomic E-state index is -0.830. The van der Waals surface area contributed by atoms with Crippen molar-refractivity contribution in [3.8, 4) is 0 Å². The minimum absolute atomic E-state index is 0.00418. The van der Waals surface area contributed by atoms with Gasteiger partial charge in [0.15, 0.2) is 0 Å². The Morgan fingerprint density at radius 1 is 1.25 bits per heavy atom. The molecule has 24 heavy (non-hydrogen) atoms. The standard InChI is InChI=1S/C17H18ClN3O3/c18-11-3-1-2-10(8-11)12-9-13(12)14(22)21-6-4-17(5-7-21)15(23)19-16(24)20-17/h1-3,8,12-13H,4-7,9H2,(H2,19,20,23,24). The average molecular weight is 348 g/mol. The smallest absolute Gasteiger partial charge is 0.322 e. The third-order valence-electron chi connectivity index (χ3n) is 5.33. The van der Waals surface area contributed by atoms with Crippen LogP contribution in [0.25, 0.3) is 0 Å². The average Bonchev–Trinajstić information content (AvgIpc) is 3.30. The van der Waals surface area contributed by atoms with Crippen molar-refractivity contribution in [3.05, 3.63) is 34.9 Å². The SMILES string of the molecule is O=C1NC(=O)C2(CCN(C(=O)C3CC3c3cccc(Cl)c3)CC2)N1. The molecule has 7 heteroatoms. The van der Waals surface area contributed by atoms with Gasteiger partial charge in [0, 0.05) is 24.0 Å². The maximum Gasteiger partial charge on any atom is 0.322 e. The molecule has 3 aliphatic rings. The number of nitrogens with one attached hydrogen (secondary N) is 2. The predicted molar refractivity (Wildman–Crippen MR) is 87.5 cm³/mol. The lowest BCUT2D eigenvalue weighted by Crippen LogP contribution is -2.56. The second kappa shape index (κ2) is 5.48. The molecule has 1 aromatic rings. The molecule has 4 amide bonds. The predicted octanol–water partition coefficient (Wildman–Crippen LogP) is 1.64. The number of carbonyl (C=O) groups is 3. The third kappa shape index (κ3) is 2.55. The summed E-state index contributed by atoms with van der Waals surface area (Å²) in [6, 6.07) is 7.22. The van der Waals surface area contributed by atoms with Gasteiger partial charge in [-0.15, -0.1) is 0 Å². The zero-order valence-electron chi connectivity index (χ0n) is 13.0. The van der Waals surface area contributed by atoms with E-state index in [1.54, 1.807) is 0 Å². The molecule has 0 aromatic heterocycles. The Labute approximate surface area is 144 Å². The van der Waals surface area contributed by atoms with E-state index >= 15 is 0 Å². The summed E-state index contributed by atoms with van der Waals surface area (Å²) in [6.07, 6.45) is 1.77. The van der Waals surface area contributed by atoms with Gasteiger partial charge in [-0.1, -0.05) is 23.7 Å². The normalized spacial score (nSPS) is 27.8. The quantitative estimate of drug-likeness (QED) is 0.798. The van der Waals surface area contributed by atoms with Crippen LogP contribution in [-0.2, 0) is 9.59 Å². The molecule has 2 saturated heterocycles. The highest BCUT2D eigenvalue weighted by Crippen LogP contribution is 2.49. The third-order valence-corrected chi connectivity index (χ3v) is 5.56. The van der Waals surface area contributed by atoms with Crippen LogP contribution in [0.3, 0.4) is 0 Å². The van der Waals surface area contributed by atoms with Gasteiger partial charge >= 0.3 is 6.03 Å². The van der Waals surface area contributed by atoms with E-state index < -0.39 is 11.6 Å². The molecule has 2 N–H and O–H groups in total. The lowest BCUT2D eigenvalue weighted by atomic mass is 9.87. The van der Waals surface area contributed by atoms with Crippen molar-refractivity contribution < 1.29 is 14.4 Å². The number of halogens is 1. The first-order valence-corrected chi connectivity index (χ1v) is 8.54. The maximum absolute atomic E-state index is 12.7. The van der Waals surface area contributed by atoms with Gasteiger partial charge in [0.2, 0.25) is 5.91 Å². The molecular weight excluding hydrogens is 330 g/mol. The zero-order chi connectivity index (χ0) is 16.9. The van der Waals surface area contributed by atoms with Crippen LogP contribution in [0.4, 0.5) is 4.79 Å². The summed E-state index contributed by atoms with van der Waals surface area (Å²) in [5.41, 5.74) is 0.279. The van der Waals surface area contributed by atoms with Crippen LogP contribution < -0.4 is 10.6 Å². The monoisotopic (exact) mass is 347 g/mol. The summed E-state index contributed by atoms with van der Waals surface area (Å²) < 4.78 is 0. The van der Waals surface area contributed by atoms with Crippen LogP contribution in [0, 0.1) is 5.92 Å². The van der Waals surface area contributed by atoms with Gasteiger partial charge in [0.1, 0.15) is 5.54 Å². The van der Waals surface area contributed by atoms with Crippen molar-refractivity contribution in [1.29, 1.82) is 0 Å². The zero-order valence-corrected chi connectivity index (χ0v) is 13.8. The molecule has 1 aromatic carbocycles.